The molecule has 4 aromatic carbocycles. The summed E-state index contributed by atoms with van der Waals surface area (Å²) >= 11 is 0. The first-order valence-corrected chi connectivity index (χ1v) is 26.1. The number of amides is 1. The van der Waals surface area contributed by atoms with Gasteiger partial charge in [0.2, 0.25) is 5.95 Å². The highest BCUT2D eigenvalue weighted by molar-refractivity contribution is 7.90. The Kier molecular flexibility index (Phi) is 13.0. The van der Waals surface area contributed by atoms with E-state index in [9.17, 15) is 18.0 Å². The maximum Gasteiger partial charge on any atom is 0.410 e. The first-order chi connectivity index (χ1) is 34.5. The minimum absolute atomic E-state index is 0.00669. The maximum absolute atomic E-state index is 14.1. The highest BCUT2D eigenvalue weighted by Crippen LogP contribution is 2.45. The molecule has 1 saturated carbocycles. The number of aryl methyl sites for hydroxylation is 2. The van der Waals surface area contributed by atoms with Crippen LogP contribution in [0.25, 0.3) is 32.9 Å². The van der Waals surface area contributed by atoms with E-state index in [4.69, 9.17) is 33.7 Å². The number of pyridine rings is 1. The van der Waals surface area contributed by atoms with Crippen molar-refractivity contribution >= 4 is 43.9 Å². The highest BCUT2D eigenvalue weighted by Gasteiger charge is 2.46. The molecular formula is C55H58N6O9S. The van der Waals surface area contributed by atoms with E-state index in [-0.39, 0.29) is 48.0 Å². The predicted octanol–water partition coefficient (Wildman–Crippen LogP) is 8.47. The number of hydrogen-bond acceptors (Lipinski definition) is 12. The molecule has 3 aromatic heterocycles. The van der Waals surface area contributed by atoms with E-state index < -0.39 is 27.5 Å². The number of benzene rings is 4. The average Bonchev–Trinajstić information content (AvgIpc) is 4.09. The van der Waals surface area contributed by atoms with Crippen LogP contribution in [0.3, 0.4) is 0 Å². The second-order valence-electron chi connectivity index (χ2n) is 19.3. The van der Waals surface area contributed by atoms with Crippen LogP contribution in [0.2, 0.25) is 0 Å². The summed E-state index contributed by atoms with van der Waals surface area (Å²) in [6.45, 7) is 5.17. The van der Waals surface area contributed by atoms with Crippen LogP contribution in [0.15, 0.2) is 131 Å². The number of aromatic nitrogens is 4. The molecule has 368 valence electrons. The van der Waals surface area contributed by atoms with Crippen LogP contribution >= 0.6 is 0 Å². The van der Waals surface area contributed by atoms with Gasteiger partial charge in [0, 0.05) is 68.6 Å². The summed E-state index contributed by atoms with van der Waals surface area (Å²) in [6, 6.07) is 34.0. The summed E-state index contributed by atoms with van der Waals surface area (Å²) < 4.78 is 63.1. The van der Waals surface area contributed by atoms with Crippen LogP contribution in [0.4, 0.5) is 10.7 Å². The van der Waals surface area contributed by atoms with E-state index >= 15 is 0 Å². The molecule has 0 radical (unpaired) electrons. The Hall–Kier alpha value is -6.43. The molecular weight excluding hydrogens is 921 g/mol. The second-order valence-corrected chi connectivity index (χ2v) is 21.1. The highest BCUT2D eigenvalue weighted by atomic mass is 32.2. The lowest BCUT2D eigenvalue weighted by molar-refractivity contribution is -0.197. The number of anilines is 1. The largest absolute Gasteiger partial charge is 0.445 e. The smallest absolute Gasteiger partial charge is 0.410 e. The third kappa shape index (κ3) is 9.58. The van der Waals surface area contributed by atoms with Crippen LogP contribution in [-0.4, -0.2) is 102 Å². The number of piperidine rings is 1. The summed E-state index contributed by atoms with van der Waals surface area (Å²) in [4.78, 5) is 41.5. The molecule has 16 heteroatoms. The summed E-state index contributed by atoms with van der Waals surface area (Å²) in [5, 5.41) is 1.21. The maximum atomic E-state index is 14.1. The first kappa shape index (κ1) is 46.9. The first-order valence-electron chi connectivity index (χ1n) is 24.7. The fourth-order valence-electron chi connectivity index (χ4n) is 9.94. The van der Waals surface area contributed by atoms with Gasteiger partial charge in [-0.15, -0.1) is 0 Å². The van der Waals surface area contributed by atoms with Crippen LogP contribution in [0.1, 0.15) is 67.3 Å². The summed E-state index contributed by atoms with van der Waals surface area (Å²) in [5.41, 5.74) is 3.87. The van der Waals surface area contributed by atoms with Crippen LogP contribution < -0.4 is 10.5 Å². The minimum atomic E-state index is -4.12. The Bertz CT molecular complexity index is 3220. The number of carbonyl (C=O) groups excluding carboxylic acids is 1. The van der Waals surface area contributed by atoms with Crippen molar-refractivity contribution < 1.29 is 36.9 Å². The third-order valence-corrected chi connectivity index (χ3v) is 15.8. The van der Waals surface area contributed by atoms with Crippen molar-refractivity contribution in [3.63, 3.8) is 0 Å². The van der Waals surface area contributed by atoms with Gasteiger partial charge in [0.15, 0.2) is 11.9 Å². The van der Waals surface area contributed by atoms with Crippen LogP contribution in [0.5, 0.6) is 0 Å². The molecule has 1 aliphatic carbocycles. The topological polar surface area (TPSA) is 157 Å². The standard InChI is InChI=1S/C55H58N6O9S/c1-37-16-21-44(22-17-37)71(64,65)61-29-26-45-47(34-58(2)52(62)50(45)61)39-18-23-48-46(31-39)51(55(70-42-19-20-42,40-13-7-4-8-14-40)36-68-49-15-9-10-30-66-49)57-53(56-48)60-32-43(33-60)69-41-24-27-59(28-25-41)54(63)67-35-38-11-5-3-6-12-38/h3-8,11-14,16-18,21-23,26,29,31,34,41-43,49H,9-10,15,19-20,24-25,27-28,30,32-33,35-36H2,1-2H3/t49?,55-/m0/s1. The van der Waals surface area contributed by atoms with E-state index in [0.717, 1.165) is 63.7 Å². The van der Waals surface area contributed by atoms with Crippen molar-refractivity contribution in [3.8, 4) is 11.1 Å². The molecule has 0 spiro atoms. The lowest BCUT2D eigenvalue weighted by Gasteiger charge is -2.43. The molecule has 3 aliphatic heterocycles. The lowest BCUT2D eigenvalue weighted by atomic mass is 9.87. The summed E-state index contributed by atoms with van der Waals surface area (Å²) in [6.07, 6.45) is 8.39. The van der Waals surface area contributed by atoms with Gasteiger partial charge in [-0.3, -0.25) is 4.79 Å². The molecule has 4 fully saturated rings. The Morgan fingerprint density at radius 2 is 1.56 bits per heavy atom. The normalized spacial score (nSPS) is 18.9. The summed E-state index contributed by atoms with van der Waals surface area (Å²) in [5.74, 6) is 0.535. The van der Waals surface area contributed by atoms with Gasteiger partial charge in [-0.1, -0.05) is 84.4 Å². The molecule has 11 rings (SSSR count). The van der Waals surface area contributed by atoms with Crippen molar-refractivity contribution in [1.29, 1.82) is 0 Å². The molecule has 1 unspecified atom stereocenters. The van der Waals surface area contributed by atoms with Gasteiger partial charge in [0.05, 0.1) is 41.0 Å². The quantitative estimate of drug-likeness (QED) is 0.0968. The van der Waals surface area contributed by atoms with E-state index in [1.54, 1.807) is 48.5 Å². The van der Waals surface area contributed by atoms with Crippen LogP contribution in [0, 0.1) is 6.92 Å². The molecule has 6 heterocycles. The Labute approximate surface area is 412 Å². The van der Waals surface area contributed by atoms with Crippen molar-refractivity contribution in [2.45, 2.75) is 93.6 Å². The Balaban J connectivity index is 0.938. The zero-order valence-corrected chi connectivity index (χ0v) is 40.8. The van der Waals surface area contributed by atoms with Gasteiger partial charge in [-0.2, -0.15) is 0 Å². The van der Waals surface area contributed by atoms with Gasteiger partial charge in [0.1, 0.15) is 12.1 Å². The predicted molar refractivity (Wildman–Crippen MR) is 269 cm³/mol. The van der Waals surface area contributed by atoms with Gasteiger partial charge in [0.25, 0.3) is 15.6 Å². The number of fused-ring (bicyclic) bond motifs is 2. The Morgan fingerprint density at radius 1 is 0.817 bits per heavy atom. The number of likely N-dealkylation sites (tertiary alicyclic amines) is 1. The fraction of sp³-hybridized carbons (Fsp3) is 0.382. The van der Waals surface area contributed by atoms with E-state index in [1.807, 2.05) is 73.7 Å². The molecule has 3 saturated heterocycles. The van der Waals surface area contributed by atoms with E-state index in [2.05, 4.69) is 17.0 Å². The van der Waals surface area contributed by atoms with Crippen molar-refractivity contribution in [3.05, 3.63) is 154 Å². The third-order valence-electron chi connectivity index (χ3n) is 14.1. The second kappa shape index (κ2) is 19.6. The van der Waals surface area contributed by atoms with Gasteiger partial charge < -0.3 is 38.1 Å². The van der Waals surface area contributed by atoms with Crippen molar-refractivity contribution in [2.75, 3.05) is 44.3 Å². The fourth-order valence-corrected chi connectivity index (χ4v) is 11.3. The molecule has 7 aromatic rings. The SMILES string of the molecule is Cc1ccc(S(=O)(=O)n2ccc3c(-c4ccc5nc(N6CC(OC7CCN(C(=O)OCc8ccccc8)CC7)C6)nc([C@@](COC6CCCCO6)(OC6CC6)c6ccccc6)c5c4)cn(C)c(=O)c32)cc1. The minimum Gasteiger partial charge on any atom is -0.445 e. The number of rotatable bonds is 15. The van der Waals surface area contributed by atoms with Gasteiger partial charge in [-0.25, -0.2) is 27.2 Å². The van der Waals surface area contributed by atoms with Gasteiger partial charge >= 0.3 is 6.09 Å². The van der Waals surface area contributed by atoms with Crippen molar-refractivity contribution in [1.82, 2.24) is 23.4 Å². The van der Waals surface area contributed by atoms with E-state index in [0.29, 0.717) is 73.7 Å². The average molecular weight is 979 g/mol. The van der Waals surface area contributed by atoms with Crippen molar-refractivity contribution in [2.24, 2.45) is 7.05 Å². The molecule has 1 amide bonds. The Morgan fingerprint density at radius 3 is 2.28 bits per heavy atom. The monoisotopic (exact) mass is 978 g/mol. The lowest BCUT2D eigenvalue weighted by Crippen LogP contribution is -2.55. The summed E-state index contributed by atoms with van der Waals surface area (Å²) in [7, 11) is -2.48. The number of hydrogen-bond donors (Lipinski definition) is 0. The number of carbonyl (C=O) groups is 1. The van der Waals surface area contributed by atoms with E-state index in [1.165, 1.54) is 10.8 Å². The number of ether oxygens (including phenoxy) is 5. The zero-order chi connectivity index (χ0) is 48.7. The van der Waals surface area contributed by atoms with Crippen LogP contribution in [-0.2, 0) is 53.0 Å². The molecule has 2 atom stereocenters. The molecule has 15 nitrogen and oxygen atoms in total. The molecule has 71 heavy (non-hydrogen) atoms. The zero-order valence-electron chi connectivity index (χ0n) is 40.0. The van der Waals surface area contributed by atoms with Gasteiger partial charge in [-0.05, 0) is 98.9 Å². The number of nitrogens with zero attached hydrogens (tertiary/aromatic N) is 6. The molecule has 0 bridgehead atoms. The molecule has 0 N–H and O–H groups in total. The molecule has 4 aliphatic rings.